The highest BCUT2D eigenvalue weighted by atomic mass is 16.6. The van der Waals surface area contributed by atoms with Gasteiger partial charge < -0.3 is 30.3 Å². The number of carbonyl (C=O) groups is 3. The molecule has 0 aromatic rings. The Morgan fingerprint density at radius 3 is 2.40 bits per heavy atom. The normalized spacial score (nSPS) is 37.8. The smallest absolute Gasteiger partial charge is 0.324 e. The number of ether oxygens (including phenoxy) is 2. The molecule has 0 aliphatic carbocycles. The molecule has 3 unspecified atom stereocenters. The van der Waals surface area contributed by atoms with E-state index in [0.717, 1.165) is 0 Å². The minimum absolute atomic E-state index is 0.276. The molecule has 5 N–H and O–H groups in total. The SMILES string of the molecule is O=C(OC1CN[C@H](C(=O)OC2CCN[C@@H]2C(=O)O)C1)[C@@H]1CCC(O)N1. The van der Waals surface area contributed by atoms with Crippen molar-refractivity contribution >= 4 is 17.9 Å². The lowest BCUT2D eigenvalue weighted by Gasteiger charge is -2.19. The molecule has 10 nitrogen and oxygen atoms in total. The molecule has 0 spiro atoms. The summed E-state index contributed by atoms with van der Waals surface area (Å²) in [5, 5.41) is 26.9. The van der Waals surface area contributed by atoms with E-state index in [1.165, 1.54) is 0 Å². The van der Waals surface area contributed by atoms with Crippen LogP contribution in [0.1, 0.15) is 25.7 Å². The van der Waals surface area contributed by atoms with Crippen LogP contribution in [-0.2, 0) is 23.9 Å². The molecule has 6 atom stereocenters. The Morgan fingerprint density at radius 2 is 1.72 bits per heavy atom. The van der Waals surface area contributed by atoms with Crippen molar-refractivity contribution in [2.24, 2.45) is 0 Å². The van der Waals surface area contributed by atoms with Gasteiger partial charge in [-0.3, -0.25) is 19.7 Å². The Balaban J connectivity index is 1.45. The van der Waals surface area contributed by atoms with Gasteiger partial charge in [-0.25, -0.2) is 0 Å². The summed E-state index contributed by atoms with van der Waals surface area (Å²) in [5.41, 5.74) is 0. The minimum atomic E-state index is -1.05. The van der Waals surface area contributed by atoms with E-state index in [2.05, 4.69) is 16.0 Å². The van der Waals surface area contributed by atoms with E-state index in [0.29, 0.717) is 32.4 Å². The second-order valence-electron chi connectivity index (χ2n) is 6.60. The van der Waals surface area contributed by atoms with Crippen LogP contribution in [0.5, 0.6) is 0 Å². The Bertz CT molecular complexity index is 543. The molecule has 3 aliphatic rings. The Hall–Kier alpha value is -1.75. The van der Waals surface area contributed by atoms with E-state index in [9.17, 15) is 19.5 Å². The molecular weight excluding hydrogens is 334 g/mol. The summed E-state index contributed by atoms with van der Waals surface area (Å²) in [6.07, 6.45) is -0.112. The number of carboxylic acids is 1. The third kappa shape index (κ3) is 4.27. The summed E-state index contributed by atoms with van der Waals surface area (Å²) in [6, 6.07) is -2.05. The highest BCUT2D eigenvalue weighted by Crippen LogP contribution is 2.19. The number of hydrogen-bond acceptors (Lipinski definition) is 9. The molecule has 3 saturated heterocycles. The van der Waals surface area contributed by atoms with Crippen LogP contribution in [0.4, 0.5) is 0 Å². The number of esters is 2. The summed E-state index contributed by atoms with van der Waals surface area (Å²) in [4.78, 5) is 35.3. The maximum atomic E-state index is 12.2. The van der Waals surface area contributed by atoms with Gasteiger partial charge in [0, 0.05) is 13.0 Å². The Labute approximate surface area is 144 Å². The highest BCUT2D eigenvalue weighted by Gasteiger charge is 2.40. The lowest BCUT2D eigenvalue weighted by atomic mass is 10.1. The summed E-state index contributed by atoms with van der Waals surface area (Å²) in [6.45, 7) is 0.805. The number of aliphatic hydroxyl groups excluding tert-OH is 1. The first-order valence-corrected chi connectivity index (χ1v) is 8.48. The van der Waals surface area contributed by atoms with Crippen LogP contribution in [0, 0.1) is 0 Å². The monoisotopic (exact) mass is 357 g/mol. The minimum Gasteiger partial charge on any atom is -0.480 e. The van der Waals surface area contributed by atoms with Crippen molar-refractivity contribution in [3.63, 3.8) is 0 Å². The maximum absolute atomic E-state index is 12.2. The van der Waals surface area contributed by atoms with Gasteiger partial charge in [-0.15, -0.1) is 0 Å². The van der Waals surface area contributed by atoms with Crippen LogP contribution in [0.2, 0.25) is 0 Å². The number of nitrogens with one attached hydrogen (secondary N) is 3. The molecule has 0 amide bonds. The second kappa shape index (κ2) is 7.65. The van der Waals surface area contributed by atoms with E-state index in [1.54, 1.807) is 0 Å². The molecule has 0 saturated carbocycles. The van der Waals surface area contributed by atoms with Crippen molar-refractivity contribution in [2.45, 2.75) is 62.2 Å². The van der Waals surface area contributed by atoms with Crippen molar-refractivity contribution in [3.8, 4) is 0 Å². The Kier molecular flexibility index (Phi) is 5.52. The number of hydrogen-bond donors (Lipinski definition) is 5. The molecule has 0 radical (unpaired) electrons. The van der Waals surface area contributed by atoms with Crippen LogP contribution in [-0.4, -0.2) is 77.8 Å². The summed E-state index contributed by atoms with van der Waals surface area (Å²) in [5.74, 6) is -2.02. The van der Waals surface area contributed by atoms with Gasteiger partial charge in [0.25, 0.3) is 0 Å². The van der Waals surface area contributed by atoms with Gasteiger partial charge in [-0.2, -0.15) is 0 Å². The van der Waals surface area contributed by atoms with E-state index in [-0.39, 0.29) is 6.42 Å². The third-order valence-corrected chi connectivity index (χ3v) is 4.76. The summed E-state index contributed by atoms with van der Waals surface area (Å²) in [7, 11) is 0. The zero-order chi connectivity index (χ0) is 18.0. The van der Waals surface area contributed by atoms with Crippen molar-refractivity contribution in [2.75, 3.05) is 13.1 Å². The molecular formula is C15H23N3O7. The van der Waals surface area contributed by atoms with Crippen LogP contribution in [0.25, 0.3) is 0 Å². The van der Waals surface area contributed by atoms with Crippen molar-refractivity contribution in [1.82, 2.24) is 16.0 Å². The molecule has 0 aromatic carbocycles. The van der Waals surface area contributed by atoms with Crippen LogP contribution >= 0.6 is 0 Å². The van der Waals surface area contributed by atoms with Gasteiger partial charge in [0.1, 0.15) is 36.6 Å². The Morgan fingerprint density at radius 1 is 0.960 bits per heavy atom. The predicted octanol–water partition coefficient (Wildman–Crippen LogP) is -2.31. The molecule has 10 heteroatoms. The van der Waals surface area contributed by atoms with E-state index >= 15 is 0 Å². The molecule has 3 aliphatic heterocycles. The van der Waals surface area contributed by atoms with Crippen molar-refractivity contribution in [1.29, 1.82) is 0 Å². The molecule has 0 bridgehead atoms. The van der Waals surface area contributed by atoms with Crippen molar-refractivity contribution < 1.29 is 34.1 Å². The van der Waals surface area contributed by atoms with E-state index < -0.39 is 54.5 Å². The number of carboxylic acid groups (broad SMARTS) is 1. The van der Waals surface area contributed by atoms with E-state index in [1.807, 2.05) is 0 Å². The number of aliphatic carboxylic acids is 1. The van der Waals surface area contributed by atoms with Crippen LogP contribution < -0.4 is 16.0 Å². The summed E-state index contributed by atoms with van der Waals surface area (Å²) >= 11 is 0. The first kappa shape index (κ1) is 18.1. The zero-order valence-corrected chi connectivity index (χ0v) is 13.6. The van der Waals surface area contributed by atoms with Gasteiger partial charge in [-0.05, 0) is 25.8 Å². The second-order valence-corrected chi connectivity index (χ2v) is 6.60. The quantitative estimate of drug-likeness (QED) is 0.340. The fourth-order valence-electron chi connectivity index (χ4n) is 3.41. The molecule has 0 aromatic heterocycles. The van der Waals surface area contributed by atoms with Gasteiger partial charge in [-0.1, -0.05) is 0 Å². The average molecular weight is 357 g/mol. The zero-order valence-electron chi connectivity index (χ0n) is 13.6. The van der Waals surface area contributed by atoms with Gasteiger partial charge in [0.2, 0.25) is 0 Å². The topological polar surface area (TPSA) is 146 Å². The average Bonchev–Trinajstić information content (AvgIpc) is 3.27. The molecule has 3 fully saturated rings. The molecule has 3 rings (SSSR count). The van der Waals surface area contributed by atoms with Gasteiger partial charge in [0.05, 0.1) is 0 Å². The van der Waals surface area contributed by atoms with Gasteiger partial charge in [0.15, 0.2) is 0 Å². The van der Waals surface area contributed by atoms with Crippen molar-refractivity contribution in [3.05, 3.63) is 0 Å². The van der Waals surface area contributed by atoms with Gasteiger partial charge >= 0.3 is 17.9 Å². The fraction of sp³-hybridized carbons (Fsp3) is 0.800. The maximum Gasteiger partial charge on any atom is 0.324 e. The first-order valence-electron chi connectivity index (χ1n) is 8.48. The predicted molar refractivity (Wildman–Crippen MR) is 82.4 cm³/mol. The third-order valence-electron chi connectivity index (χ3n) is 4.76. The highest BCUT2D eigenvalue weighted by molar-refractivity contribution is 5.79. The molecule has 140 valence electrons. The van der Waals surface area contributed by atoms with E-state index in [4.69, 9.17) is 14.6 Å². The lowest BCUT2D eigenvalue weighted by Crippen LogP contribution is -2.43. The largest absolute Gasteiger partial charge is 0.480 e. The summed E-state index contributed by atoms with van der Waals surface area (Å²) < 4.78 is 10.7. The number of carbonyl (C=O) groups excluding carboxylic acids is 2. The molecule has 3 heterocycles. The first-order chi connectivity index (χ1) is 11.9. The molecule has 25 heavy (non-hydrogen) atoms. The number of rotatable bonds is 5. The van der Waals surface area contributed by atoms with Crippen LogP contribution in [0.3, 0.4) is 0 Å². The number of aliphatic hydroxyl groups is 1. The fourth-order valence-corrected chi connectivity index (χ4v) is 3.41. The standard InChI is InChI=1S/C15H23N3O7/c19-11-2-1-8(18-11)14(22)24-7-5-9(17-6-7)15(23)25-10-3-4-16-12(10)13(20)21/h7-12,16-19H,1-6H2,(H,20,21)/t7?,8-,9-,10?,11?,12-/m0/s1. The van der Waals surface area contributed by atoms with Crippen LogP contribution in [0.15, 0.2) is 0 Å². The lowest BCUT2D eigenvalue weighted by molar-refractivity contribution is -0.157.